The van der Waals surface area contributed by atoms with Gasteiger partial charge in [0.25, 0.3) is 0 Å². The number of pyridine rings is 1. The van der Waals surface area contributed by atoms with Gasteiger partial charge in [-0.05, 0) is 39.3 Å². The second-order valence-corrected chi connectivity index (χ2v) is 7.24. The standard InChI is InChI=1S/C20H25N7O/c1-5-15-12(2)19-25-18(14(11-21)17(22)27(19)26-15)23-10-9-13-7-6-8-16(24-13)20(3,4)28/h6-8,28H,5,9-10,22H2,1-4H3,(H,23,25). The molecule has 3 heterocycles. The zero-order valence-electron chi connectivity index (χ0n) is 16.6. The number of aryl methyl sites for hydroxylation is 2. The average Bonchev–Trinajstić information content (AvgIpc) is 2.98. The highest BCUT2D eigenvalue weighted by Gasteiger charge is 2.19. The van der Waals surface area contributed by atoms with Gasteiger partial charge in [-0.25, -0.2) is 4.98 Å². The summed E-state index contributed by atoms with van der Waals surface area (Å²) in [4.78, 5) is 9.09. The van der Waals surface area contributed by atoms with Crippen LogP contribution in [0.5, 0.6) is 0 Å². The Morgan fingerprint density at radius 1 is 1.32 bits per heavy atom. The van der Waals surface area contributed by atoms with E-state index in [-0.39, 0.29) is 11.4 Å². The van der Waals surface area contributed by atoms with Crippen molar-refractivity contribution in [2.75, 3.05) is 17.6 Å². The first kappa shape index (κ1) is 19.6. The first-order valence-electron chi connectivity index (χ1n) is 9.26. The number of nitrogens with zero attached hydrogens (tertiary/aromatic N) is 5. The Kier molecular flexibility index (Phi) is 5.21. The lowest BCUT2D eigenvalue weighted by molar-refractivity contribution is 0.0736. The average molecular weight is 379 g/mol. The van der Waals surface area contributed by atoms with Crippen LogP contribution < -0.4 is 11.1 Å². The van der Waals surface area contributed by atoms with Gasteiger partial charge in [-0.15, -0.1) is 0 Å². The van der Waals surface area contributed by atoms with Crippen LogP contribution in [0.15, 0.2) is 18.2 Å². The van der Waals surface area contributed by atoms with E-state index < -0.39 is 5.60 Å². The summed E-state index contributed by atoms with van der Waals surface area (Å²) in [6, 6.07) is 7.70. The predicted octanol–water partition coefficient (Wildman–Crippen LogP) is 2.33. The molecule has 0 atom stereocenters. The van der Waals surface area contributed by atoms with Gasteiger partial charge < -0.3 is 16.2 Å². The van der Waals surface area contributed by atoms with Gasteiger partial charge in [0, 0.05) is 24.2 Å². The number of nitrogen functional groups attached to an aromatic ring is 1. The SMILES string of the molecule is CCc1nn2c(N)c(C#N)c(NCCc3cccc(C(C)(C)O)n3)nc2c1C. The van der Waals surface area contributed by atoms with Gasteiger partial charge in [-0.2, -0.15) is 14.9 Å². The Hall–Kier alpha value is -3.18. The normalized spacial score (nSPS) is 11.6. The number of nitriles is 1. The van der Waals surface area contributed by atoms with Gasteiger partial charge in [-0.1, -0.05) is 13.0 Å². The van der Waals surface area contributed by atoms with Crippen molar-refractivity contribution in [3.63, 3.8) is 0 Å². The second-order valence-electron chi connectivity index (χ2n) is 7.24. The Morgan fingerprint density at radius 3 is 2.71 bits per heavy atom. The minimum atomic E-state index is -0.991. The smallest absolute Gasteiger partial charge is 0.162 e. The summed E-state index contributed by atoms with van der Waals surface area (Å²) in [7, 11) is 0. The topological polar surface area (TPSA) is 125 Å². The van der Waals surface area contributed by atoms with E-state index in [2.05, 4.69) is 26.5 Å². The Morgan fingerprint density at radius 2 is 2.07 bits per heavy atom. The van der Waals surface area contributed by atoms with Crippen LogP contribution in [0.3, 0.4) is 0 Å². The molecule has 8 heteroatoms. The monoisotopic (exact) mass is 379 g/mol. The number of hydrogen-bond donors (Lipinski definition) is 3. The molecule has 3 aromatic rings. The van der Waals surface area contributed by atoms with Gasteiger partial charge in [-0.3, -0.25) is 4.98 Å². The van der Waals surface area contributed by atoms with Crippen molar-refractivity contribution in [3.8, 4) is 6.07 Å². The van der Waals surface area contributed by atoms with E-state index in [0.717, 1.165) is 23.4 Å². The van der Waals surface area contributed by atoms with E-state index in [1.54, 1.807) is 19.9 Å². The maximum atomic E-state index is 10.1. The lowest BCUT2D eigenvalue weighted by Gasteiger charge is -2.17. The summed E-state index contributed by atoms with van der Waals surface area (Å²) in [6.45, 7) is 7.90. The minimum Gasteiger partial charge on any atom is -0.384 e. The van der Waals surface area contributed by atoms with Crippen LogP contribution in [-0.2, 0) is 18.4 Å². The molecule has 4 N–H and O–H groups in total. The van der Waals surface area contributed by atoms with Crippen molar-refractivity contribution >= 4 is 17.3 Å². The molecular formula is C20H25N7O. The zero-order valence-corrected chi connectivity index (χ0v) is 16.6. The quantitative estimate of drug-likeness (QED) is 0.600. The molecule has 0 fully saturated rings. The van der Waals surface area contributed by atoms with E-state index in [1.165, 1.54) is 4.52 Å². The molecule has 0 aliphatic heterocycles. The number of rotatable bonds is 6. The van der Waals surface area contributed by atoms with E-state index in [1.807, 2.05) is 26.0 Å². The Balaban J connectivity index is 1.85. The first-order chi connectivity index (χ1) is 13.3. The van der Waals surface area contributed by atoms with Gasteiger partial charge in [0.1, 0.15) is 28.9 Å². The molecule has 0 saturated carbocycles. The molecule has 0 unspecified atom stereocenters. The fourth-order valence-corrected chi connectivity index (χ4v) is 3.06. The highest BCUT2D eigenvalue weighted by Crippen LogP contribution is 2.24. The third-order valence-corrected chi connectivity index (χ3v) is 4.68. The van der Waals surface area contributed by atoms with Gasteiger partial charge in [0.2, 0.25) is 0 Å². The number of fused-ring (bicyclic) bond motifs is 1. The molecule has 146 valence electrons. The fourth-order valence-electron chi connectivity index (χ4n) is 3.06. The molecule has 0 saturated heterocycles. The fraction of sp³-hybridized carbons (Fsp3) is 0.400. The molecule has 28 heavy (non-hydrogen) atoms. The number of nitrogens with one attached hydrogen (secondary N) is 1. The number of hydrogen-bond acceptors (Lipinski definition) is 7. The number of aromatic nitrogens is 4. The molecule has 0 aliphatic carbocycles. The summed E-state index contributed by atoms with van der Waals surface area (Å²) in [6.07, 6.45) is 1.38. The second kappa shape index (κ2) is 7.44. The van der Waals surface area contributed by atoms with Crippen LogP contribution in [0.4, 0.5) is 11.6 Å². The third-order valence-electron chi connectivity index (χ3n) is 4.68. The van der Waals surface area contributed by atoms with Crippen LogP contribution in [0.2, 0.25) is 0 Å². The Labute approximate surface area is 164 Å². The summed E-state index contributed by atoms with van der Waals surface area (Å²) < 4.78 is 1.53. The number of nitrogens with two attached hydrogens (primary N) is 1. The molecule has 0 aromatic carbocycles. The molecule has 3 aromatic heterocycles. The molecule has 0 amide bonds. The van der Waals surface area contributed by atoms with Crippen molar-refractivity contribution in [2.45, 2.75) is 46.1 Å². The lowest BCUT2D eigenvalue weighted by atomic mass is 10.0. The summed E-state index contributed by atoms with van der Waals surface area (Å²) >= 11 is 0. The molecule has 0 radical (unpaired) electrons. The van der Waals surface area contributed by atoms with E-state index in [0.29, 0.717) is 30.1 Å². The molecule has 0 spiro atoms. The van der Waals surface area contributed by atoms with E-state index >= 15 is 0 Å². The van der Waals surface area contributed by atoms with Gasteiger partial charge in [0.15, 0.2) is 5.65 Å². The van der Waals surface area contributed by atoms with Crippen LogP contribution in [0.25, 0.3) is 5.65 Å². The largest absolute Gasteiger partial charge is 0.384 e. The Bertz CT molecular complexity index is 1060. The van der Waals surface area contributed by atoms with Crippen molar-refractivity contribution < 1.29 is 5.11 Å². The summed E-state index contributed by atoms with van der Waals surface area (Å²) in [5.74, 6) is 0.719. The van der Waals surface area contributed by atoms with E-state index in [4.69, 9.17) is 5.73 Å². The van der Waals surface area contributed by atoms with Crippen molar-refractivity contribution in [1.82, 2.24) is 19.6 Å². The first-order valence-corrected chi connectivity index (χ1v) is 9.26. The maximum absolute atomic E-state index is 10.1. The molecule has 3 rings (SSSR count). The van der Waals surface area contributed by atoms with Crippen LogP contribution in [0.1, 0.15) is 49.0 Å². The number of aliphatic hydroxyl groups is 1. The van der Waals surface area contributed by atoms with Gasteiger partial charge in [0.05, 0.1) is 11.4 Å². The van der Waals surface area contributed by atoms with Crippen LogP contribution in [0, 0.1) is 18.3 Å². The predicted molar refractivity (Wildman–Crippen MR) is 108 cm³/mol. The maximum Gasteiger partial charge on any atom is 0.162 e. The third kappa shape index (κ3) is 3.62. The highest BCUT2D eigenvalue weighted by molar-refractivity contribution is 5.69. The van der Waals surface area contributed by atoms with Crippen LogP contribution >= 0.6 is 0 Å². The highest BCUT2D eigenvalue weighted by atomic mass is 16.3. The van der Waals surface area contributed by atoms with Crippen molar-refractivity contribution in [2.24, 2.45) is 0 Å². The summed E-state index contributed by atoms with van der Waals surface area (Å²) in [5, 5.41) is 27.3. The van der Waals surface area contributed by atoms with Gasteiger partial charge >= 0.3 is 0 Å². The van der Waals surface area contributed by atoms with Crippen molar-refractivity contribution in [1.29, 1.82) is 5.26 Å². The molecule has 8 nitrogen and oxygen atoms in total. The number of anilines is 2. The van der Waals surface area contributed by atoms with E-state index in [9.17, 15) is 10.4 Å². The van der Waals surface area contributed by atoms with Crippen LogP contribution in [-0.4, -0.2) is 31.2 Å². The molecular weight excluding hydrogens is 354 g/mol. The molecule has 0 bridgehead atoms. The summed E-state index contributed by atoms with van der Waals surface area (Å²) in [5.41, 5.74) is 9.44. The zero-order chi connectivity index (χ0) is 20.5. The minimum absolute atomic E-state index is 0.274. The van der Waals surface area contributed by atoms with Crippen molar-refractivity contribution in [3.05, 3.63) is 46.4 Å². The lowest BCUT2D eigenvalue weighted by Crippen LogP contribution is -2.19. The molecule has 0 aliphatic rings.